The van der Waals surface area contributed by atoms with Crippen LogP contribution in [-0.2, 0) is 7.05 Å². The molecule has 0 fully saturated rings. The first-order valence-corrected chi connectivity index (χ1v) is 5.89. The second-order valence-corrected chi connectivity index (χ2v) is 4.76. The lowest BCUT2D eigenvalue weighted by Gasteiger charge is -1.97. The minimum absolute atomic E-state index is 0.0591. The number of halogens is 1. The number of benzene rings is 1. The quantitative estimate of drug-likeness (QED) is 0.628. The lowest BCUT2D eigenvalue weighted by atomic mass is 10.2. The van der Waals surface area contributed by atoms with Crippen LogP contribution in [0.5, 0.6) is 5.75 Å². The summed E-state index contributed by atoms with van der Waals surface area (Å²) in [4.78, 5) is 0. The number of fused-ring (bicyclic) bond motifs is 1. The van der Waals surface area contributed by atoms with Crippen LogP contribution in [0.4, 0.5) is 5.82 Å². The van der Waals surface area contributed by atoms with Crippen LogP contribution in [-0.4, -0.2) is 14.8 Å². The number of aromatic nitrogens is 1. The van der Waals surface area contributed by atoms with Crippen LogP contribution in [0.3, 0.4) is 0 Å². The molecule has 0 radical (unpaired) electrons. The van der Waals surface area contributed by atoms with E-state index in [0.717, 1.165) is 9.99 Å². The zero-order valence-electron chi connectivity index (χ0n) is 8.88. The average molecular weight is 313 g/mol. The minimum atomic E-state index is -0.0733. The SMILES string of the molecule is Cn1c(/N=N/C(N)=S)c(O)c2cc(Br)ccc21. The monoisotopic (exact) mass is 312 g/mol. The molecule has 17 heavy (non-hydrogen) atoms. The number of hydrogen-bond acceptors (Lipinski definition) is 3. The second kappa shape index (κ2) is 4.42. The molecule has 0 saturated carbocycles. The molecule has 1 aromatic heterocycles. The Labute approximate surface area is 111 Å². The molecule has 0 amide bonds. The number of rotatable bonds is 1. The summed E-state index contributed by atoms with van der Waals surface area (Å²) >= 11 is 7.95. The normalized spacial score (nSPS) is 11.4. The molecule has 2 rings (SSSR count). The van der Waals surface area contributed by atoms with E-state index in [1.165, 1.54) is 0 Å². The van der Waals surface area contributed by atoms with Gasteiger partial charge in [-0.05, 0) is 30.4 Å². The first-order chi connectivity index (χ1) is 8.00. The Morgan fingerprint density at radius 1 is 1.53 bits per heavy atom. The fourth-order valence-corrected chi connectivity index (χ4v) is 2.00. The van der Waals surface area contributed by atoms with E-state index in [0.29, 0.717) is 11.2 Å². The van der Waals surface area contributed by atoms with Gasteiger partial charge in [0.2, 0.25) is 5.11 Å². The summed E-state index contributed by atoms with van der Waals surface area (Å²) in [6, 6.07) is 5.57. The lowest BCUT2D eigenvalue weighted by Crippen LogP contribution is -2.01. The summed E-state index contributed by atoms with van der Waals surface area (Å²) in [6.45, 7) is 0. The fourth-order valence-electron chi connectivity index (χ4n) is 1.59. The topological polar surface area (TPSA) is 75.9 Å². The summed E-state index contributed by atoms with van der Waals surface area (Å²) in [7, 11) is 1.78. The number of nitrogens with two attached hydrogens (primary N) is 1. The van der Waals surface area contributed by atoms with Crippen molar-refractivity contribution in [2.24, 2.45) is 23.0 Å². The van der Waals surface area contributed by atoms with Crippen molar-refractivity contribution in [3.05, 3.63) is 22.7 Å². The van der Waals surface area contributed by atoms with Crippen molar-refractivity contribution < 1.29 is 5.11 Å². The zero-order valence-corrected chi connectivity index (χ0v) is 11.3. The number of hydrogen-bond donors (Lipinski definition) is 2. The molecule has 0 unspecified atom stereocenters. The molecular weight excluding hydrogens is 304 g/mol. The highest BCUT2D eigenvalue weighted by Crippen LogP contribution is 2.38. The van der Waals surface area contributed by atoms with Gasteiger partial charge in [0.1, 0.15) is 0 Å². The van der Waals surface area contributed by atoms with Crippen molar-refractivity contribution >= 4 is 50.0 Å². The molecule has 0 bridgehead atoms. The van der Waals surface area contributed by atoms with Crippen molar-refractivity contribution in [2.75, 3.05) is 0 Å². The van der Waals surface area contributed by atoms with Crippen LogP contribution < -0.4 is 5.73 Å². The van der Waals surface area contributed by atoms with Gasteiger partial charge in [-0.1, -0.05) is 15.9 Å². The number of aryl methyl sites for hydroxylation is 1. The van der Waals surface area contributed by atoms with Gasteiger partial charge in [0.15, 0.2) is 11.6 Å². The van der Waals surface area contributed by atoms with Crippen molar-refractivity contribution in [1.82, 2.24) is 4.57 Å². The van der Waals surface area contributed by atoms with Crippen LogP contribution in [0.25, 0.3) is 10.9 Å². The number of aromatic hydroxyl groups is 1. The summed E-state index contributed by atoms with van der Waals surface area (Å²) in [5, 5.41) is 18.1. The molecular formula is C10H9BrN4OS. The molecule has 0 atom stereocenters. The molecule has 2 aromatic rings. The molecule has 5 nitrogen and oxygen atoms in total. The number of thiocarbonyl (C=S) groups is 1. The van der Waals surface area contributed by atoms with Gasteiger partial charge in [-0.3, -0.25) is 0 Å². The van der Waals surface area contributed by atoms with Gasteiger partial charge in [-0.15, -0.1) is 10.2 Å². The van der Waals surface area contributed by atoms with Gasteiger partial charge in [0.05, 0.1) is 5.52 Å². The van der Waals surface area contributed by atoms with Crippen molar-refractivity contribution in [3.63, 3.8) is 0 Å². The van der Waals surface area contributed by atoms with Crippen LogP contribution in [0, 0.1) is 0 Å². The Kier molecular flexibility index (Phi) is 3.12. The molecule has 3 N–H and O–H groups in total. The van der Waals surface area contributed by atoms with Crippen molar-refractivity contribution in [2.45, 2.75) is 0 Å². The summed E-state index contributed by atoms with van der Waals surface area (Å²) in [5.41, 5.74) is 6.08. The molecule has 88 valence electrons. The maximum absolute atomic E-state index is 10.0. The van der Waals surface area contributed by atoms with Gasteiger partial charge in [-0.25, -0.2) is 0 Å². The molecule has 1 aromatic carbocycles. The summed E-state index contributed by atoms with van der Waals surface area (Å²) < 4.78 is 2.60. The molecule has 0 aliphatic rings. The first kappa shape index (κ1) is 12.0. The highest BCUT2D eigenvalue weighted by Gasteiger charge is 2.14. The molecule has 1 heterocycles. The van der Waals surface area contributed by atoms with Crippen LogP contribution in [0.1, 0.15) is 0 Å². The molecule has 0 aliphatic heterocycles. The van der Waals surface area contributed by atoms with Gasteiger partial charge in [-0.2, -0.15) is 0 Å². The molecule has 0 spiro atoms. The molecule has 7 heteroatoms. The highest BCUT2D eigenvalue weighted by atomic mass is 79.9. The third kappa shape index (κ3) is 2.16. The van der Waals surface area contributed by atoms with Crippen LogP contribution in [0.15, 0.2) is 32.9 Å². The Hall–Kier alpha value is -1.47. The van der Waals surface area contributed by atoms with Crippen LogP contribution >= 0.6 is 28.1 Å². The highest BCUT2D eigenvalue weighted by molar-refractivity contribution is 9.10. The predicted octanol–water partition coefficient (Wildman–Crippen LogP) is 2.97. The molecule has 0 saturated heterocycles. The van der Waals surface area contributed by atoms with Crippen molar-refractivity contribution in [1.29, 1.82) is 0 Å². The maximum atomic E-state index is 10.0. The fraction of sp³-hybridized carbons (Fsp3) is 0.100. The second-order valence-electron chi connectivity index (χ2n) is 3.43. The number of nitrogens with zero attached hydrogens (tertiary/aromatic N) is 3. The Bertz CT molecular complexity index is 635. The van der Waals surface area contributed by atoms with E-state index in [9.17, 15) is 5.11 Å². The number of azo groups is 1. The lowest BCUT2D eigenvalue weighted by molar-refractivity contribution is 0.481. The standard InChI is InChI=1S/C10H9BrN4OS/c1-15-7-3-2-5(11)4-6(7)8(16)9(15)13-14-10(12)17/h2-4,16H,1H3,(H2,12,17)/b14-13+. The van der Waals surface area contributed by atoms with E-state index < -0.39 is 0 Å². The van der Waals surface area contributed by atoms with Gasteiger partial charge >= 0.3 is 0 Å². The van der Waals surface area contributed by atoms with E-state index >= 15 is 0 Å². The molecule has 0 aliphatic carbocycles. The Morgan fingerprint density at radius 3 is 2.88 bits per heavy atom. The predicted molar refractivity (Wildman–Crippen MR) is 73.6 cm³/mol. The average Bonchev–Trinajstić information content (AvgIpc) is 2.49. The van der Waals surface area contributed by atoms with E-state index in [1.54, 1.807) is 11.6 Å². The van der Waals surface area contributed by atoms with Crippen molar-refractivity contribution in [3.8, 4) is 5.75 Å². The largest absolute Gasteiger partial charge is 0.504 e. The first-order valence-electron chi connectivity index (χ1n) is 4.69. The van der Waals surface area contributed by atoms with Gasteiger partial charge in [0, 0.05) is 16.9 Å². The van der Waals surface area contributed by atoms with E-state index in [2.05, 4.69) is 38.4 Å². The van der Waals surface area contributed by atoms with Crippen LogP contribution in [0.2, 0.25) is 0 Å². The minimum Gasteiger partial charge on any atom is -0.504 e. The van der Waals surface area contributed by atoms with E-state index in [4.69, 9.17) is 5.73 Å². The summed E-state index contributed by atoms with van der Waals surface area (Å²) in [5.74, 6) is 0.384. The third-order valence-electron chi connectivity index (χ3n) is 2.35. The zero-order chi connectivity index (χ0) is 12.6. The van der Waals surface area contributed by atoms with E-state index in [-0.39, 0.29) is 10.9 Å². The maximum Gasteiger partial charge on any atom is 0.211 e. The van der Waals surface area contributed by atoms with Gasteiger partial charge in [0.25, 0.3) is 0 Å². The Balaban J connectivity index is 2.68. The third-order valence-corrected chi connectivity index (χ3v) is 2.92. The van der Waals surface area contributed by atoms with E-state index in [1.807, 2.05) is 18.2 Å². The van der Waals surface area contributed by atoms with Gasteiger partial charge < -0.3 is 15.4 Å². The Morgan fingerprint density at radius 2 is 2.24 bits per heavy atom. The summed E-state index contributed by atoms with van der Waals surface area (Å²) in [6.07, 6.45) is 0. The smallest absolute Gasteiger partial charge is 0.211 e.